The minimum absolute atomic E-state index is 0.0578. The molecule has 1 saturated heterocycles. The van der Waals surface area contributed by atoms with Gasteiger partial charge in [-0.3, -0.25) is 19.7 Å². The van der Waals surface area contributed by atoms with E-state index in [2.05, 4.69) is 0 Å². The van der Waals surface area contributed by atoms with Gasteiger partial charge in [0.25, 0.3) is 5.91 Å². The average Bonchev–Trinajstić information content (AvgIpc) is 2.47. The van der Waals surface area contributed by atoms with E-state index >= 15 is 0 Å². The standard InChI is InChI=1S/C14H16N2O6/c1-8-2-3-10(14(19)20)7-15(8)13(18)9-4-5-12(17)11(6-9)16(21)22/h4-6,8,10,17H,2-3,7H2,1H3,(H,19,20). The molecule has 8 heteroatoms. The minimum Gasteiger partial charge on any atom is -0.502 e. The number of likely N-dealkylation sites (tertiary alicyclic amines) is 1. The number of nitro groups is 1. The van der Waals surface area contributed by atoms with E-state index in [9.17, 15) is 24.8 Å². The number of carboxylic acid groups (broad SMARTS) is 1. The minimum atomic E-state index is -0.957. The second kappa shape index (κ2) is 6.00. The quantitative estimate of drug-likeness (QED) is 0.646. The summed E-state index contributed by atoms with van der Waals surface area (Å²) in [6.07, 6.45) is 1.05. The van der Waals surface area contributed by atoms with Crippen molar-refractivity contribution in [2.24, 2.45) is 5.92 Å². The fraction of sp³-hybridized carbons (Fsp3) is 0.429. The van der Waals surface area contributed by atoms with Gasteiger partial charge in [0, 0.05) is 24.2 Å². The van der Waals surface area contributed by atoms with Gasteiger partial charge in [-0.15, -0.1) is 0 Å². The van der Waals surface area contributed by atoms with Crippen molar-refractivity contribution in [2.45, 2.75) is 25.8 Å². The third-order valence-corrected chi connectivity index (χ3v) is 3.91. The first-order chi connectivity index (χ1) is 10.3. The number of phenols is 1. The Balaban J connectivity index is 2.28. The number of phenolic OH excluding ortho intramolecular Hbond substituents is 1. The highest BCUT2D eigenvalue weighted by molar-refractivity contribution is 5.95. The van der Waals surface area contributed by atoms with Crippen molar-refractivity contribution >= 4 is 17.6 Å². The zero-order valence-corrected chi connectivity index (χ0v) is 11.9. The van der Waals surface area contributed by atoms with Gasteiger partial charge in [-0.1, -0.05) is 0 Å². The first-order valence-electron chi connectivity index (χ1n) is 6.82. The summed E-state index contributed by atoms with van der Waals surface area (Å²) in [4.78, 5) is 35.1. The van der Waals surface area contributed by atoms with Crippen molar-refractivity contribution in [3.8, 4) is 5.75 Å². The van der Waals surface area contributed by atoms with Crippen molar-refractivity contribution in [1.82, 2.24) is 4.90 Å². The molecule has 1 aliphatic rings. The van der Waals surface area contributed by atoms with E-state index in [-0.39, 0.29) is 18.2 Å². The van der Waals surface area contributed by atoms with Crippen LogP contribution in [0.1, 0.15) is 30.1 Å². The number of amides is 1. The van der Waals surface area contributed by atoms with Crippen LogP contribution in [0.3, 0.4) is 0 Å². The SMILES string of the molecule is CC1CCC(C(=O)O)CN1C(=O)c1ccc(O)c([N+](=O)[O-])c1. The number of carbonyl (C=O) groups is 2. The number of rotatable bonds is 3. The van der Waals surface area contributed by atoms with E-state index in [1.807, 2.05) is 6.92 Å². The summed E-state index contributed by atoms with van der Waals surface area (Å²) in [5, 5.41) is 29.3. The summed E-state index contributed by atoms with van der Waals surface area (Å²) in [6, 6.07) is 3.25. The Morgan fingerprint density at radius 3 is 2.64 bits per heavy atom. The number of aliphatic carboxylic acids is 1. The topological polar surface area (TPSA) is 121 Å². The predicted octanol–water partition coefficient (Wildman–Crippen LogP) is 1.63. The molecule has 1 aromatic carbocycles. The molecule has 1 amide bonds. The third kappa shape index (κ3) is 3.00. The Morgan fingerprint density at radius 2 is 2.05 bits per heavy atom. The number of carbonyl (C=O) groups excluding carboxylic acids is 1. The maximum atomic E-state index is 12.5. The van der Waals surface area contributed by atoms with E-state index in [1.54, 1.807) is 0 Å². The molecule has 1 fully saturated rings. The van der Waals surface area contributed by atoms with Gasteiger partial charge in [0.15, 0.2) is 5.75 Å². The molecule has 1 heterocycles. The van der Waals surface area contributed by atoms with Gasteiger partial charge in [0.2, 0.25) is 0 Å². The highest BCUT2D eigenvalue weighted by Gasteiger charge is 2.33. The zero-order chi connectivity index (χ0) is 16.4. The summed E-state index contributed by atoms with van der Waals surface area (Å²) >= 11 is 0. The Kier molecular flexibility index (Phi) is 4.30. The molecule has 2 rings (SSSR count). The number of nitro benzene ring substituents is 1. The van der Waals surface area contributed by atoms with Crippen LogP contribution in [0.15, 0.2) is 18.2 Å². The molecule has 0 saturated carbocycles. The Labute approximate surface area is 126 Å². The lowest BCUT2D eigenvalue weighted by Gasteiger charge is -2.36. The second-order valence-electron chi connectivity index (χ2n) is 5.38. The number of hydrogen-bond donors (Lipinski definition) is 2. The van der Waals surface area contributed by atoms with E-state index in [0.29, 0.717) is 12.8 Å². The maximum Gasteiger partial charge on any atom is 0.311 e. The Hall–Kier alpha value is -2.64. The highest BCUT2D eigenvalue weighted by Crippen LogP contribution is 2.29. The van der Waals surface area contributed by atoms with E-state index in [0.717, 1.165) is 12.1 Å². The lowest BCUT2D eigenvalue weighted by Crippen LogP contribution is -2.47. The molecule has 1 aliphatic heterocycles. The van der Waals surface area contributed by atoms with Gasteiger partial charge >= 0.3 is 11.7 Å². The lowest BCUT2D eigenvalue weighted by atomic mass is 9.93. The van der Waals surface area contributed by atoms with Crippen LogP contribution in [-0.2, 0) is 4.79 Å². The molecule has 2 unspecified atom stereocenters. The molecule has 0 spiro atoms. The fourth-order valence-corrected chi connectivity index (χ4v) is 2.56. The van der Waals surface area contributed by atoms with Gasteiger partial charge in [-0.25, -0.2) is 0 Å². The van der Waals surface area contributed by atoms with Gasteiger partial charge in [0.1, 0.15) is 0 Å². The van der Waals surface area contributed by atoms with Crippen LogP contribution in [0.25, 0.3) is 0 Å². The number of piperidine rings is 1. The van der Waals surface area contributed by atoms with Crippen LogP contribution in [-0.4, -0.2) is 44.5 Å². The molecule has 8 nitrogen and oxygen atoms in total. The third-order valence-electron chi connectivity index (χ3n) is 3.91. The molecule has 0 radical (unpaired) electrons. The summed E-state index contributed by atoms with van der Waals surface area (Å²) in [7, 11) is 0. The van der Waals surface area contributed by atoms with Crippen LogP contribution < -0.4 is 0 Å². The van der Waals surface area contributed by atoms with Crippen molar-refractivity contribution in [2.75, 3.05) is 6.54 Å². The largest absolute Gasteiger partial charge is 0.502 e. The molecule has 2 atom stereocenters. The smallest absolute Gasteiger partial charge is 0.311 e. The van der Waals surface area contributed by atoms with Crippen LogP contribution in [0.4, 0.5) is 5.69 Å². The van der Waals surface area contributed by atoms with Crippen molar-refractivity contribution in [3.05, 3.63) is 33.9 Å². The Bertz CT molecular complexity index is 630. The van der Waals surface area contributed by atoms with Gasteiger partial charge in [-0.05, 0) is 31.9 Å². The van der Waals surface area contributed by atoms with E-state index in [1.165, 1.54) is 11.0 Å². The molecule has 0 aromatic heterocycles. The van der Waals surface area contributed by atoms with Crippen LogP contribution in [0.5, 0.6) is 5.75 Å². The highest BCUT2D eigenvalue weighted by atomic mass is 16.6. The fourth-order valence-electron chi connectivity index (χ4n) is 2.56. The summed E-state index contributed by atoms with van der Waals surface area (Å²) in [5.74, 6) is -2.58. The number of hydrogen-bond acceptors (Lipinski definition) is 5. The van der Waals surface area contributed by atoms with Crippen LogP contribution in [0.2, 0.25) is 0 Å². The number of benzene rings is 1. The molecular formula is C14H16N2O6. The maximum absolute atomic E-state index is 12.5. The lowest BCUT2D eigenvalue weighted by molar-refractivity contribution is -0.385. The van der Waals surface area contributed by atoms with Crippen LogP contribution >= 0.6 is 0 Å². The van der Waals surface area contributed by atoms with E-state index < -0.39 is 34.2 Å². The molecule has 1 aromatic rings. The summed E-state index contributed by atoms with van der Waals surface area (Å²) in [5.41, 5.74) is -0.493. The Morgan fingerprint density at radius 1 is 1.36 bits per heavy atom. The molecule has 0 aliphatic carbocycles. The molecular weight excluding hydrogens is 292 g/mol. The second-order valence-corrected chi connectivity index (χ2v) is 5.38. The van der Waals surface area contributed by atoms with Crippen LogP contribution in [0, 0.1) is 16.0 Å². The van der Waals surface area contributed by atoms with Gasteiger partial charge < -0.3 is 15.1 Å². The van der Waals surface area contributed by atoms with Crippen molar-refractivity contribution in [1.29, 1.82) is 0 Å². The average molecular weight is 308 g/mol. The molecule has 2 N–H and O–H groups in total. The number of aromatic hydroxyl groups is 1. The first-order valence-corrected chi connectivity index (χ1v) is 6.82. The molecule has 22 heavy (non-hydrogen) atoms. The predicted molar refractivity (Wildman–Crippen MR) is 75.6 cm³/mol. The number of carboxylic acids is 1. The molecule has 118 valence electrons. The first kappa shape index (κ1) is 15.7. The van der Waals surface area contributed by atoms with Gasteiger partial charge in [0.05, 0.1) is 10.8 Å². The van der Waals surface area contributed by atoms with Gasteiger partial charge in [-0.2, -0.15) is 0 Å². The van der Waals surface area contributed by atoms with Crippen molar-refractivity contribution in [3.63, 3.8) is 0 Å². The van der Waals surface area contributed by atoms with E-state index in [4.69, 9.17) is 5.11 Å². The zero-order valence-electron chi connectivity index (χ0n) is 11.9. The molecule has 0 bridgehead atoms. The number of nitrogens with zero attached hydrogens (tertiary/aromatic N) is 2. The monoisotopic (exact) mass is 308 g/mol. The summed E-state index contributed by atoms with van der Waals surface area (Å²) < 4.78 is 0. The normalized spacial score (nSPS) is 21.4. The summed E-state index contributed by atoms with van der Waals surface area (Å²) in [6.45, 7) is 1.88. The van der Waals surface area contributed by atoms with Crippen molar-refractivity contribution < 1.29 is 24.7 Å².